The van der Waals surface area contributed by atoms with Gasteiger partial charge < -0.3 is 10.1 Å². The molecule has 1 aromatic carbocycles. The Morgan fingerprint density at radius 3 is 2.79 bits per heavy atom. The van der Waals surface area contributed by atoms with Crippen LogP contribution in [0.25, 0.3) is 16.9 Å². The van der Waals surface area contributed by atoms with Gasteiger partial charge in [-0.15, -0.1) is 0 Å². The fraction of sp³-hybridized carbons (Fsp3) is 0.286. The molecular formula is C21H23ClN4O3. The maximum atomic E-state index is 13.2. The Morgan fingerprint density at radius 2 is 2.10 bits per heavy atom. The van der Waals surface area contributed by atoms with Gasteiger partial charge in [-0.3, -0.25) is 18.6 Å². The number of aromatic nitrogens is 3. The molecular weight excluding hydrogens is 392 g/mol. The molecule has 1 amide bonds. The molecule has 152 valence electrons. The Hall–Kier alpha value is -2.90. The summed E-state index contributed by atoms with van der Waals surface area (Å²) in [6.45, 7) is 5.10. The number of amides is 1. The highest BCUT2D eigenvalue weighted by Gasteiger charge is 2.16. The monoisotopic (exact) mass is 414 g/mol. The van der Waals surface area contributed by atoms with E-state index >= 15 is 0 Å². The summed E-state index contributed by atoms with van der Waals surface area (Å²) >= 11 is 6.16. The number of halogens is 1. The first-order valence-corrected chi connectivity index (χ1v) is 9.57. The molecule has 0 unspecified atom stereocenters. The Morgan fingerprint density at radius 1 is 1.31 bits per heavy atom. The van der Waals surface area contributed by atoms with E-state index < -0.39 is 0 Å². The molecule has 1 N–H and O–H groups in total. The van der Waals surface area contributed by atoms with Crippen LogP contribution in [0.5, 0.6) is 0 Å². The van der Waals surface area contributed by atoms with Crippen molar-refractivity contribution in [3.63, 3.8) is 0 Å². The third kappa shape index (κ3) is 4.75. The summed E-state index contributed by atoms with van der Waals surface area (Å²) in [7, 11) is 1.56. The van der Waals surface area contributed by atoms with E-state index in [-0.39, 0.29) is 22.8 Å². The van der Waals surface area contributed by atoms with Gasteiger partial charge in [0.25, 0.3) is 11.5 Å². The summed E-state index contributed by atoms with van der Waals surface area (Å²) in [4.78, 5) is 29.8. The predicted octanol–water partition coefficient (Wildman–Crippen LogP) is 3.16. The topological polar surface area (TPSA) is 77.6 Å². The summed E-state index contributed by atoms with van der Waals surface area (Å²) in [5, 5.41) is 3.29. The number of rotatable bonds is 7. The molecule has 2 heterocycles. The van der Waals surface area contributed by atoms with Crippen LogP contribution in [0.3, 0.4) is 0 Å². The quantitative estimate of drug-likeness (QED) is 0.476. The van der Waals surface area contributed by atoms with Crippen molar-refractivity contribution < 1.29 is 9.53 Å². The lowest BCUT2D eigenvalue weighted by atomic mass is 10.1. The molecule has 0 aliphatic heterocycles. The minimum Gasteiger partial charge on any atom is -0.383 e. The first kappa shape index (κ1) is 20.8. The van der Waals surface area contributed by atoms with Crippen molar-refractivity contribution in [2.45, 2.75) is 20.4 Å². The van der Waals surface area contributed by atoms with E-state index in [0.29, 0.717) is 30.4 Å². The maximum Gasteiger partial charge on any atom is 0.295 e. The van der Waals surface area contributed by atoms with Crippen molar-refractivity contribution in [1.82, 2.24) is 19.3 Å². The fourth-order valence-electron chi connectivity index (χ4n) is 2.88. The molecule has 0 spiro atoms. The van der Waals surface area contributed by atoms with Crippen LogP contribution in [0.15, 0.2) is 53.1 Å². The van der Waals surface area contributed by atoms with Gasteiger partial charge in [0.2, 0.25) is 5.65 Å². The van der Waals surface area contributed by atoms with E-state index in [2.05, 4.69) is 10.3 Å². The maximum absolute atomic E-state index is 13.2. The van der Waals surface area contributed by atoms with Gasteiger partial charge in [0.05, 0.1) is 12.3 Å². The third-order valence-corrected chi connectivity index (χ3v) is 4.58. The molecule has 0 radical (unpaired) electrons. The highest BCUT2D eigenvalue weighted by Crippen LogP contribution is 2.22. The molecule has 8 heteroatoms. The van der Waals surface area contributed by atoms with Gasteiger partial charge in [0.15, 0.2) is 0 Å². The highest BCUT2D eigenvalue weighted by atomic mass is 35.5. The molecule has 3 rings (SSSR count). The van der Waals surface area contributed by atoms with Crippen LogP contribution in [0.2, 0.25) is 5.02 Å². The van der Waals surface area contributed by atoms with Gasteiger partial charge in [0.1, 0.15) is 5.69 Å². The van der Waals surface area contributed by atoms with Crippen molar-refractivity contribution in [2.24, 2.45) is 0 Å². The van der Waals surface area contributed by atoms with Crippen LogP contribution in [-0.4, -0.2) is 40.1 Å². The number of ether oxygens (including phenoxy) is 1. The molecule has 0 atom stereocenters. The number of hydrogen-bond acceptors (Lipinski definition) is 4. The lowest BCUT2D eigenvalue weighted by Crippen LogP contribution is -2.27. The van der Waals surface area contributed by atoms with E-state index in [1.807, 2.05) is 32.1 Å². The second-order valence-electron chi connectivity index (χ2n) is 6.83. The molecule has 0 saturated heterocycles. The number of carbonyl (C=O) groups is 1. The Labute approximate surface area is 173 Å². The third-order valence-electron chi connectivity index (χ3n) is 4.35. The minimum atomic E-state index is -0.356. The number of nitrogens with zero attached hydrogens (tertiary/aromatic N) is 3. The zero-order valence-corrected chi connectivity index (χ0v) is 17.4. The zero-order chi connectivity index (χ0) is 21.0. The highest BCUT2D eigenvalue weighted by molar-refractivity contribution is 6.30. The van der Waals surface area contributed by atoms with E-state index in [1.165, 1.54) is 0 Å². The molecule has 0 bridgehead atoms. The first-order valence-electron chi connectivity index (χ1n) is 9.19. The number of nitrogens with one attached hydrogen (secondary N) is 1. The van der Waals surface area contributed by atoms with Crippen molar-refractivity contribution in [3.05, 3.63) is 69.4 Å². The van der Waals surface area contributed by atoms with Crippen LogP contribution in [0, 0.1) is 0 Å². The summed E-state index contributed by atoms with van der Waals surface area (Å²) in [5.74, 6) is -0.356. The van der Waals surface area contributed by atoms with E-state index in [1.54, 1.807) is 40.6 Å². The molecule has 2 aromatic heterocycles. The molecule has 0 aliphatic rings. The van der Waals surface area contributed by atoms with Crippen molar-refractivity contribution in [1.29, 1.82) is 0 Å². The van der Waals surface area contributed by atoms with E-state index in [9.17, 15) is 9.59 Å². The van der Waals surface area contributed by atoms with Gasteiger partial charge in [-0.25, -0.2) is 4.98 Å². The van der Waals surface area contributed by atoms with E-state index in [4.69, 9.17) is 16.3 Å². The van der Waals surface area contributed by atoms with Crippen LogP contribution >= 0.6 is 11.6 Å². The number of allylic oxidation sites excluding steroid dienone is 2. The van der Waals surface area contributed by atoms with Crippen LogP contribution in [0.1, 0.15) is 24.3 Å². The lowest BCUT2D eigenvalue weighted by molar-refractivity contribution is 0.0932. The number of imidazole rings is 1. The summed E-state index contributed by atoms with van der Waals surface area (Å²) in [5.41, 5.74) is 2.67. The normalized spacial score (nSPS) is 10.9. The molecule has 0 aliphatic carbocycles. The smallest absolute Gasteiger partial charge is 0.295 e. The van der Waals surface area contributed by atoms with Crippen molar-refractivity contribution in [2.75, 3.05) is 20.3 Å². The largest absolute Gasteiger partial charge is 0.383 e. The predicted molar refractivity (Wildman–Crippen MR) is 114 cm³/mol. The summed E-state index contributed by atoms with van der Waals surface area (Å²) in [6.07, 6.45) is 5.31. The minimum absolute atomic E-state index is 0.176. The summed E-state index contributed by atoms with van der Waals surface area (Å²) in [6, 6.07) is 7.30. The van der Waals surface area contributed by atoms with Gasteiger partial charge in [-0.1, -0.05) is 35.4 Å². The molecule has 0 saturated carbocycles. The zero-order valence-electron chi connectivity index (χ0n) is 16.6. The Kier molecular flexibility index (Phi) is 6.51. The molecule has 29 heavy (non-hydrogen) atoms. The number of benzene rings is 1. The van der Waals surface area contributed by atoms with Gasteiger partial charge >= 0.3 is 0 Å². The van der Waals surface area contributed by atoms with Crippen LogP contribution in [0.4, 0.5) is 0 Å². The number of fused-ring (bicyclic) bond motifs is 1. The second kappa shape index (κ2) is 9.07. The van der Waals surface area contributed by atoms with Gasteiger partial charge in [-0.2, -0.15) is 0 Å². The average Bonchev–Trinajstić information content (AvgIpc) is 3.12. The van der Waals surface area contributed by atoms with E-state index in [0.717, 1.165) is 11.1 Å². The first-order chi connectivity index (χ1) is 13.9. The SMILES string of the molecule is COCCNC(=O)c1cn2cc(-c3cccc(Cl)c3)n(CC=C(C)C)c(=O)c2n1. The van der Waals surface area contributed by atoms with Gasteiger partial charge in [-0.05, 0) is 26.0 Å². The lowest BCUT2D eigenvalue weighted by Gasteiger charge is -2.12. The number of methoxy groups -OCH3 is 1. The van der Waals surface area contributed by atoms with Crippen LogP contribution < -0.4 is 10.9 Å². The molecule has 3 aromatic rings. The number of carbonyl (C=O) groups excluding carboxylic acids is 1. The second-order valence-corrected chi connectivity index (χ2v) is 7.26. The summed E-state index contributed by atoms with van der Waals surface area (Å²) < 4.78 is 8.15. The standard InChI is InChI=1S/C21H23ClN4O3/c1-14(2)7-9-26-18(15-5-4-6-16(22)11-15)13-25-12-17(24-19(25)21(26)28)20(27)23-8-10-29-3/h4-7,11-13H,8-10H2,1-3H3,(H,23,27). The number of hydrogen-bond donors (Lipinski definition) is 1. The Bertz CT molecular complexity index is 1130. The Balaban J connectivity index is 2.13. The molecule has 7 nitrogen and oxygen atoms in total. The molecule has 0 fully saturated rings. The fourth-order valence-corrected chi connectivity index (χ4v) is 3.07. The van der Waals surface area contributed by atoms with Crippen molar-refractivity contribution >= 4 is 23.2 Å². The van der Waals surface area contributed by atoms with Crippen LogP contribution in [-0.2, 0) is 11.3 Å². The average molecular weight is 415 g/mol. The van der Waals surface area contributed by atoms with Crippen molar-refractivity contribution in [3.8, 4) is 11.3 Å². The van der Waals surface area contributed by atoms with Gasteiger partial charge in [0, 0.05) is 43.2 Å².